The molecule has 0 aromatic heterocycles. The highest BCUT2D eigenvalue weighted by Gasteiger charge is 2.42. The zero-order chi connectivity index (χ0) is 13.9. The molecule has 2 amide bonds. The molecule has 1 aliphatic rings. The molecule has 0 spiro atoms. The standard InChI is InChI=1S/C12H17NO5/c1-5-17-11(15)9-7(3)10(14)13(8(9)4)12(16)18-6-2/h8H,5-6H2,1-4H3. The minimum Gasteiger partial charge on any atom is -0.463 e. The molecular formula is C12H17NO5. The van der Waals surface area contributed by atoms with Gasteiger partial charge in [-0.2, -0.15) is 0 Å². The zero-order valence-electron chi connectivity index (χ0n) is 11.0. The first-order chi connectivity index (χ1) is 8.45. The molecule has 0 N–H and O–H groups in total. The van der Waals surface area contributed by atoms with E-state index in [1.54, 1.807) is 20.8 Å². The molecule has 1 aliphatic heterocycles. The molecule has 6 nitrogen and oxygen atoms in total. The lowest BCUT2D eigenvalue weighted by Gasteiger charge is -2.20. The van der Waals surface area contributed by atoms with Gasteiger partial charge in [0.1, 0.15) is 0 Å². The van der Waals surface area contributed by atoms with E-state index in [4.69, 9.17) is 9.47 Å². The molecule has 6 heteroatoms. The molecule has 0 radical (unpaired) electrons. The summed E-state index contributed by atoms with van der Waals surface area (Å²) in [5.74, 6) is -1.08. The summed E-state index contributed by atoms with van der Waals surface area (Å²) < 4.78 is 9.67. The fourth-order valence-electron chi connectivity index (χ4n) is 1.88. The van der Waals surface area contributed by atoms with E-state index < -0.39 is 24.0 Å². The molecule has 100 valence electrons. The lowest BCUT2D eigenvalue weighted by atomic mass is 10.1. The molecule has 0 aliphatic carbocycles. The molecular weight excluding hydrogens is 238 g/mol. The predicted molar refractivity (Wildman–Crippen MR) is 62.7 cm³/mol. The number of nitrogens with zero attached hydrogens (tertiary/aromatic N) is 1. The van der Waals surface area contributed by atoms with Crippen molar-refractivity contribution in [2.24, 2.45) is 0 Å². The molecule has 0 saturated heterocycles. The van der Waals surface area contributed by atoms with Gasteiger partial charge in [-0.05, 0) is 27.7 Å². The third-order valence-electron chi connectivity index (χ3n) is 2.71. The smallest absolute Gasteiger partial charge is 0.417 e. The van der Waals surface area contributed by atoms with E-state index in [0.29, 0.717) is 0 Å². The van der Waals surface area contributed by atoms with Gasteiger partial charge in [-0.3, -0.25) is 4.79 Å². The highest BCUT2D eigenvalue weighted by molar-refractivity contribution is 6.12. The van der Waals surface area contributed by atoms with E-state index in [2.05, 4.69) is 0 Å². The lowest BCUT2D eigenvalue weighted by Crippen LogP contribution is -2.40. The van der Waals surface area contributed by atoms with E-state index >= 15 is 0 Å². The number of hydrogen-bond acceptors (Lipinski definition) is 5. The van der Waals surface area contributed by atoms with Gasteiger partial charge in [0, 0.05) is 5.57 Å². The summed E-state index contributed by atoms with van der Waals surface area (Å²) in [5.41, 5.74) is 0.448. The second-order valence-electron chi connectivity index (χ2n) is 3.81. The molecule has 18 heavy (non-hydrogen) atoms. The Bertz CT molecular complexity index is 413. The van der Waals surface area contributed by atoms with E-state index in [1.165, 1.54) is 6.92 Å². The number of hydrogen-bond donors (Lipinski definition) is 0. The highest BCUT2D eigenvalue weighted by Crippen LogP contribution is 2.27. The van der Waals surface area contributed by atoms with Crippen LogP contribution in [0.15, 0.2) is 11.1 Å². The van der Waals surface area contributed by atoms with Crippen LogP contribution in [0.25, 0.3) is 0 Å². The molecule has 1 heterocycles. The van der Waals surface area contributed by atoms with Gasteiger partial charge in [0.2, 0.25) is 0 Å². The van der Waals surface area contributed by atoms with Gasteiger partial charge in [-0.1, -0.05) is 0 Å². The maximum atomic E-state index is 11.9. The zero-order valence-corrected chi connectivity index (χ0v) is 11.0. The number of carbonyl (C=O) groups excluding carboxylic acids is 3. The second kappa shape index (κ2) is 5.66. The van der Waals surface area contributed by atoms with Crippen LogP contribution < -0.4 is 0 Å². The minimum absolute atomic E-state index is 0.170. The highest BCUT2D eigenvalue weighted by atomic mass is 16.6. The average Bonchev–Trinajstić information content (AvgIpc) is 2.51. The van der Waals surface area contributed by atoms with Crippen molar-refractivity contribution in [3.8, 4) is 0 Å². The van der Waals surface area contributed by atoms with Crippen molar-refractivity contribution >= 4 is 18.0 Å². The molecule has 1 atom stereocenters. The van der Waals surface area contributed by atoms with Gasteiger partial charge >= 0.3 is 12.1 Å². The summed E-state index contributed by atoms with van der Waals surface area (Å²) in [4.78, 5) is 36.2. The van der Waals surface area contributed by atoms with Gasteiger partial charge in [-0.25, -0.2) is 14.5 Å². The average molecular weight is 255 g/mol. The number of esters is 1. The van der Waals surface area contributed by atoms with Crippen molar-refractivity contribution < 1.29 is 23.9 Å². The van der Waals surface area contributed by atoms with E-state index in [-0.39, 0.29) is 24.4 Å². The molecule has 1 unspecified atom stereocenters. The normalized spacial score (nSPS) is 19.2. The first kappa shape index (κ1) is 14.2. The SMILES string of the molecule is CCOC(=O)C1=C(C)C(=O)N(C(=O)OCC)C1C. The summed E-state index contributed by atoms with van der Waals surface area (Å²) in [7, 11) is 0. The molecule has 0 fully saturated rings. The van der Waals surface area contributed by atoms with Crippen LogP contribution in [-0.4, -0.2) is 42.1 Å². The van der Waals surface area contributed by atoms with Crippen molar-refractivity contribution in [3.05, 3.63) is 11.1 Å². The van der Waals surface area contributed by atoms with Crippen molar-refractivity contribution in [2.45, 2.75) is 33.7 Å². The van der Waals surface area contributed by atoms with E-state index in [9.17, 15) is 14.4 Å². The first-order valence-electron chi connectivity index (χ1n) is 5.83. The predicted octanol–water partition coefficient (Wildman–Crippen LogP) is 1.25. The van der Waals surface area contributed by atoms with Crippen LogP contribution in [0.4, 0.5) is 4.79 Å². The largest absolute Gasteiger partial charge is 0.463 e. The summed E-state index contributed by atoms with van der Waals surface area (Å²) >= 11 is 0. The Labute approximate surface area is 106 Å². The molecule has 0 saturated carbocycles. The lowest BCUT2D eigenvalue weighted by molar-refractivity contribution is -0.138. The molecule has 0 aromatic carbocycles. The van der Waals surface area contributed by atoms with Crippen LogP contribution >= 0.6 is 0 Å². The Kier molecular flexibility index (Phi) is 4.47. The Morgan fingerprint density at radius 3 is 2.28 bits per heavy atom. The van der Waals surface area contributed by atoms with Gasteiger partial charge in [0.25, 0.3) is 5.91 Å². The fourth-order valence-corrected chi connectivity index (χ4v) is 1.88. The van der Waals surface area contributed by atoms with Crippen LogP contribution in [0, 0.1) is 0 Å². The third-order valence-corrected chi connectivity index (χ3v) is 2.71. The van der Waals surface area contributed by atoms with Gasteiger partial charge in [-0.15, -0.1) is 0 Å². The molecule has 0 bridgehead atoms. The van der Waals surface area contributed by atoms with Crippen molar-refractivity contribution in [1.82, 2.24) is 4.90 Å². The summed E-state index contributed by atoms with van der Waals surface area (Å²) in [6, 6.07) is -0.657. The number of imide groups is 1. The number of carbonyl (C=O) groups is 3. The second-order valence-corrected chi connectivity index (χ2v) is 3.81. The Hall–Kier alpha value is -1.85. The quantitative estimate of drug-likeness (QED) is 0.710. The summed E-state index contributed by atoms with van der Waals surface area (Å²) in [6.07, 6.45) is -0.742. The van der Waals surface area contributed by atoms with Crippen LogP contribution in [-0.2, 0) is 19.1 Å². The maximum Gasteiger partial charge on any atom is 0.417 e. The third kappa shape index (κ3) is 2.37. The maximum absolute atomic E-state index is 11.9. The first-order valence-corrected chi connectivity index (χ1v) is 5.83. The number of ether oxygens (including phenoxy) is 2. The van der Waals surface area contributed by atoms with Crippen LogP contribution in [0.5, 0.6) is 0 Å². The van der Waals surface area contributed by atoms with E-state index in [0.717, 1.165) is 4.90 Å². The Morgan fingerprint density at radius 2 is 1.78 bits per heavy atom. The van der Waals surface area contributed by atoms with Crippen LogP contribution in [0.3, 0.4) is 0 Å². The fraction of sp³-hybridized carbons (Fsp3) is 0.583. The van der Waals surface area contributed by atoms with Gasteiger partial charge < -0.3 is 9.47 Å². The number of rotatable bonds is 3. The van der Waals surface area contributed by atoms with Gasteiger partial charge in [0.15, 0.2) is 0 Å². The van der Waals surface area contributed by atoms with Crippen molar-refractivity contribution in [2.75, 3.05) is 13.2 Å². The van der Waals surface area contributed by atoms with Crippen LogP contribution in [0.1, 0.15) is 27.7 Å². The summed E-state index contributed by atoms with van der Waals surface area (Å²) in [5, 5.41) is 0. The summed E-state index contributed by atoms with van der Waals surface area (Å²) in [6.45, 7) is 6.81. The Morgan fingerprint density at radius 1 is 1.22 bits per heavy atom. The molecule has 1 rings (SSSR count). The number of amides is 2. The topological polar surface area (TPSA) is 72.9 Å². The van der Waals surface area contributed by atoms with Crippen LogP contribution in [0.2, 0.25) is 0 Å². The monoisotopic (exact) mass is 255 g/mol. The minimum atomic E-state index is -0.742. The van der Waals surface area contributed by atoms with E-state index in [1.807, 2.05) is 0 Å². The van der Waals surface area contributed by atoms with Crippen molar-refractivity contribution in [1.29, 1.82) is 0 Å². The Balaban J connectivity index is 2.98. The molecule has 0 aromatic rings. The van der Waals surface area contributed by atoms with Gasteiger partial charge in [0.05, 0.1) is 24.8 Å². The van der Waals surface area contributed by atoms with Crippen molar-refractivity contribution in [3.63, 3.8) is 0 Å².